The van der Waals surface area contributed by atoms with Gasteiger partial charge in [0.15, 0.2) is 0 Å². The Kier molecular flexibility index (Phi) is 7.33. The van der Waals surface area contributed by atoms with Gasteiger partial charge in [0.2, 0.25) is 0 Å². The summed E-state index contributed by atoms with van der Waals surface area (Å²) >= 11 is 0. The number of piperidine rings is 1. The molecule has 2 atom stereocenters. The maximum absolute atomic E-state index is 14.3. The minimum absolute atomic E-state index is 0.0387. The summed E-state index contributed by atoms with van der Waals surface area (Å²) in [5.41, 5.74) is 0.245. The van der Waals surface area contributed by atoms with Gasteiger partial charge in [-0.15, -0.1) is 0 Å². The number of hydrogen-bond donors (Lipinski definition) is 1. The standard InChI is InChI=1S/C31H32FN3O5/c1-20(2)40-27-12-4-7-22(15-27)19-33-14-13-31(18-21(33)3)29(38)34(25-10-5-8-23(16-25)28(36)37)30(39)35(31)26-11-6-9-24(32)17-26/h4-12,15-17,20-21H,13-14,18-19H2,1-3H3,(H,36,37). The summed E-state index contributed by atoms with van der Waals surface area (Å²) in [5, 5.41) is 9.48. The lowest BCUT2D eigenvalue weighted by atomic mass is 9.81. The summed E-state index contributed by atoms with van der Waals surface area (Å²) in [4.78, 5) is 44.4. The number of aromatic carboxylic acids is 1. The largest absolute Gasteiger partial charge is 0.491 e. The monoisotopic (exact) mass is 545 g/mol. The second kappa shape index (κ2) is 10.7. The van der Waals surface area contributed by atoms with Crippen LogP contribution in [0.25, 0.3) is 0 Å². The van der Waals surface area contributed by atoms with Crippen LogP contribution in [-0.2, 0) is 11.3 Å². The molecule has 2 saturated heterocycles. The number of benzene rings is 3. The SMILES string of the molecule is CC(C)Oc1cccc(CN2CCC3(CC2C)C(=O)N(c2cccc(C(=O)O)c2)C(=O)N3c2cccc(F)c2)c1. The molecular weight excluding hydrogens is 513 g/mol. The van der Waals surface area contributed by atoms with E-state index in [4.69, 9.17) is 4.74 Å². The second-order valence-corrected chi connectivity index (χ2v) is 10.7. The third-order valence-corrected chi connectivity index (χ3v) is 7.55. The second-order valence-electron chi connectivity index (χ2n) is 10.7. The molecule has 2 unspecified atom stereocenters. The fourth-order valence-corrected chi connectivity index (χ4v) is 5.78. The van der Waals surface area contributed by atoms with E-state index < -0.39 is 29.3 Å². The van der Waals surface area contributed by atoms with Gasteiger partial charge in [-0.2, -0.15) is 0 Å². The Morgan fingerprint density at radius 2 is 1.77 bits per heavy atom. The number of carbonyl (C=O) groups is 3. The van der Waals surface area contributed by atoms with Gasteiger partial charge in [-0.3, -0.25) is 14.6 Å². The predicted molar refractivity (Wildman–Crippen MR) is 149 cm³/mol. The number of carboxylic acid groups (broad SMARTS) is 1. The molecule has 40 heavy (non-hydrogen) atoms. The van der Waals surface area contributed by atoms with Crippen LogP contribution in [-0.4, -0.2) is 52.1 Å². The molecule has 0 bridgehead atoms. The molecule has 2 fully saturated rings. The van der Waals surface area contributed by atoms with Crippen LogP contribution < -0.4 is 14.5 Å². The molecule has 5 rings (SSSR count). The molecule has 0 aromatic heterocycles. The van der Waals surface area contributed by atoms with Gasteiger partial charge in [0.1, 0.15) is 17.1 Å². The van der Waals surface area contributed by atoms with Crippen molar-refractivity contribution >= 4 is 29.3 Å². The van der Waals surface area contributed by atoms with Crippen LogP contribution in [0.1, 0.15) is 49.5 Å². The maximum atomic E-state index is 14.3. The summed E-state index contributed by atoms with van der Waals surface area (Å²) < 4.78 is 20.2. The highest BCUT2D eigenvalue weighted by Crippen LogP contribution is 2.44. The van der Waals surface area contributed by atoms with E-state index in [9.17, 15) is 23.9 Å². The minimum atomic E-state index is -1.25. The highest BCUT2D eigenvalue weighted by Gasteiger charge is 2.60. The molecule has 2 aliphatic heterocycles. The molecule has 208 valence electrons. The van der Waals surface area contributed by atoms with E-state index in [0.717, 1.165) is 16.2 Å². The van der Waals surface area contributed by atoms with Crippen LogP contribution in [0.4, 0.5) is 20.6 Å². The van der Waals surface area contributed by atoms with E-state index in [2.05, 4.69) is 4.90 Å². The quantitative estimate of drug-likeness (QED) is 0.383. The molecule has 1 spiro atoms. The van der Waals surface area contributed by atoms with Crippen LogP contribution in [0, 0.1) is 5.82 Å². The van der Waals surface area contributed by atoms with Crippen molar-refractivity contribution in [2.24, 2.45) is 0 Å². The Balaban J connectivity index is 1.48. The summed E-state index contributed by atoms with van der Waals surface area (Å²) in [6, 6.07) is 18.6. The molecule has 0 aliphatic carbocycles. The van der Waals surface area contributed by atoms with Gasteiger partial charge in [0, 0.05) is 24.8 Å². The van der Waals surface area contributed by atoms with Crippen molar-refractivity contribution in [3.05, 3.63) is 89.7 Å². The van der Waals surface area contributed by atoms with Gasteiger partial charge in [-0.25, -0.2) is 18.9 Å². The van der Waals surface area contributed by atoms with E-state index >= 15 is 0 Å². The predicted octanol–water partition coefficient (Wildman–Crippen LogP) is 5.71. The molecule has 1 N–H and O–H groups in total. The average molecular weight is 546 g/mol. The van der Waals surface area contributed by atoms with Crippen LogP contribution in [0.5, 0.6) is 5.75 Å². The molecule has 3 aromatic carbocycles. The molecule has 9 heteroatoms. The molecule has 3 amide bonds. The zero-order valence-corrected chi connectivity index (χ0v) is 22.7. The van der Waals surface area contributed by atoms with E-state index in [1.807, 2.05) is 45.0 Å². The lowest BCUT2D eigenvalue weighted by molar-refractivity contribution is -0.123. The Bertz CT molecular complexity index is 1460. The fourth-order valence-electron chi connectivity index (χ4n) is 5.78. The molecule has 8 nitrogen and oxygen atoms in total. The fraction of sp³-hybridized carbons (Fsp3) is 0.323. The number of likely N-dealkylation sites (tertiary alicyclic amines) is 1. The van der Waals surface area contributed by atoms with E-state index in [1.165, 1.54) is 47.4 Å². The van der Waals surface area contributed by atoms with Gasteiger partial charge in [-0.1, -0.05) is 24.3 Å². The van der Waals surface area contributed by atoms with E-state index in [0.29, 0.717) is 25.9 Å². The maximum Gasteiger partial charge on any atom is 0.336 e. The van der Waals surface area contributed by atoms with Crippen molar-refractivity contribution < 1.29 is 28.6 Å². The molecule has 0 radical (unpaired) electrons. The van der Waals surface area contributed by atoms with E-state index in [1.54, 1.807) is 6.07 Å². The van der Waals surface area contributed by atoms with Gasteiger partial charge < -0.3 is 9.84 Å². The molecule has 2 aliphatic rings. The first kappa shape index (κ1) is 27.3. The Morgan fingerprint density at radius 1 is 1.05 bits per heavy atom. The Labute approximate surface area is 232 Å². The third-order valence-electron chi connectivity index (χ3n) is 7.55. The summed E-state index contributed by atoms with van der Waals surface area (Å²) in [7, 11) is 0. The van der Waals surface area contributed by atoms with Crippen LogP contribution in [0.3, 0.4) is 0 Å². The Hall–Kier alpha value is -4.24. The lowest BCUT2D eigenvalue weighted by Crippen LogP contribution is -2.59. The van der Waals surface area contributed by atoms with Crippen LogP contribution in [0.15, 0.2) is 72.8 Å². The van der Waals surface area contributed by atoms with Crippen molar-refractivity contribution in [1.82, 2.24) is 4.90 Å². The summed E-state index contributed by atoms with van der Waals surface area (Å²) in [6.07, 6.45) is 0.712. The minimum Gasteiger partial charge on any atom is -0.491 e. The van der Waals surface area contributed by atoms with E-state index in [-0.39, 0.29) is 29.1 Å². The zero-order chi connectivity index (χ0) is 28.6. The molecule has 3 aromatic rings. The van der Waals surface area contributed by atoms with Gasteiger partial charge in [0.05, 0.1) is 17.4 Å². The smallest absolute Gasteiger partial charge is 0.336 e. The van der Waals surface area contributed by atoms with Crippen molar-refractivity contribution in [1.29, 1.82) is 0 Å². The number of urea groups is 1. The van der Waals surface area contributed by atoms with Crippen LogP contribution >= 0.6 is 0 Å². The van der Waals surface area contributed by atoms with Crippen molar-refractivity contribution in [3.8, 4) is 5.75 Å². The van der Waals surface area contributed by atoms with Crippen molar-refractivity contribution in [2.45, 2.75) is 57.8 Å². The number of halogens is 1. The number of amides is 3. The van der Waals surface area contributed by atoms with Gasteiger partial charge >= 0.3 is 12.0 Å². The Morgan fingerprint density at radius 3 is 2.48 bits per heavy atom. The first-order valence-corrected chi connectivity index (χ1v) is 13.4. The van der Waals surface area contributed by atoms with Crippen molar-refractivity contribution in [2.75, 3.05) is 16.3 Å². The number of imide groups is 1. The molecule has 2 heterocycles. The zero-order valence-electron chi connectivity index (χ0n) is 22.7. The number of carbonyl (C=O) groups excluding carboxylic acids is 2. The highest BCUT2D eigenvalue weighted by molar-refractivity contribution is 6.30. The number of nitrogens with zero attached hydrogens (tertiary/aromatic N) is 3. The first-order valence-electron chi connectivity index (χ1n) is 13.4. The molecule has 0 saturated carbocycles. The number of anilines is 2. The highest BCUT2D eigenvalue weighted by atomic mass is 19.1. The van der Waals surface area contributed by atoms with Crippen molar-refractivity contribution in [3.63, 3.8) is 0 Å². The normalized spacial score (nSPS) is 21.5. The summed E-state index contributed by atoms with van der Waals surface area (Å²) in [5.74, 6) is -1.33. The first-order chi connectivity index (χ1) is 19.1. The number of hydrogen-bond acceptors (Lipinski definition) is 5. The lowest BCUT2D eigenvalue weighted by Gasteiger charge is -2.45. The number of ether oxygens (including phenoxy) is 1. The average Bonchev–Trinajstić information content (AvgIpc) is 3.11. The number of rotatable bonds is 7. The molecular formula is C31H32FN3O5. The topological polar surface area (TPSA) is 90.4 Å². The van der Waals surface area contributed by atoms with Crippen LogP contribution in [0.2, 0.25) is 0 Å². The number of carboxylic acids is 1. The third kappa shape index (κ3) is 5.04. The van der Waals surface area contributed by atoms with Gasteiger partial charge in [0.25, 0.3) is 5.91 Å². The summed E-state index contributed by atoms with van der Waals surface area (Å²) in [6.45, 7) is 7.13. The van der Waals surface area contributed by atoms with Gasteiger partial charge in [-0.05, 0) is 87.7 Å².